The van der Waals surface area contributed by atoms with E-state index in [-0.39, 0.29) is 5.60 Å². The molecule has 0 aromatic rings. The molecule has 2 aliphatic rings. The first-order valence-electron chi connectivity index (χ1n) is 6.42. The maximum atomic E-state index is 10.4. The van der Waals surface area contributed by atoms with Crippen molar-refractivity contribution < 1.29 is 5.11 Å². The van der Waals surface area contributed by atoms with E-state index in [2.05, 4.69) is 6.92 Å². The molecule has 0 heterocycles. The van der Waals surface area contributed by atoms with Crippen LogP contribution in [0.2, 0.25) is 0 Å². The lowest BCUT2D eigenvalue weighted by atomic mass is 9.66. The molecular formula is C13H24O. The molecule has 1 N–H and O–H groups in total. The molecule has 0 radical (unpaired) electrons. The van der Waals surface area contributed by atoms with E-state index in [0.717, 1.165) is 12.3 Å². The lowest BCUT2D eigenvalue weighted by molar-refractivity contribution is -0.0624. The fourth-order valence-corrected chi connectivity index (χ4v) is 3.62. The highest BCUT2D eigenvalue weighted by molar-refractivity contribution is 4.90. The van der Waals surface area contributed by atoms with E-state index < -0.39 is 0 Å². The van der Waals surface area contributed by atoms with Crippen LogP contribution >= 0.6 is 0 Å². The van der Waals surface area contributed by atoms with Crippen molar-refractivity contribution in [2.45, 2.75) is 70.3 Å². The summed E-state index contributed by atoms with van der Waals surface area (Å²) in [6.45, 7) is 2.07. The van der Waals surface area contributed by atoms with Crippen LogP contribution in [0.3, 0.4) is 0 Å². The summed E-state index contributed by atoms with van der Waals surface area (Å²) in [5.41, 5.74) is -0.347. The molecule has 1 nitrogen and oxygen atoms in total. The summed E-state index contributed by atoms with van der Waals surface area (Å²) in [7, 11) is 0. The van der Waals surface area contributed by atoms with Crippen molar-refractivity contribution in [3.05, 3.63) is 0 Å². The molecule has 2 atom stereocenters. The molecule has 1 heteroatoms. The smallest absolute Gasteiger partial charge is 0.0650 e. The normalized spacial score (nSPS) is 41.1. The molecule has 2 saturated carbocycles. The quantitative estimate of drug-likeness (QED) is 0.680. The van der Waals surface area contributed by atoms with Crippen molar-refractivity contribution in [1.82, 2.24) is 0 Å². The van der Waals surface area contributed by atoms with Gasteiger partial charge in [0.2, 0.25) is 0 Å². The van der Waals surface area contributed by atoms with Gasteiger partial charge in [0.15, 0.2) is 0 Å². The van der Waals surface area contributed by atoms with E-state index in [0.29, 0.717) is 5.92 Å². The number of rotatable bonds is 1. The molecule has 14 heavy (non-hydrogen) atoms. The first kappa shape index (κ1) is 10.5. The third-order valence-corrected chi connectivity index (χ3v) is 4.47. The summed E-state index contributed by atoms with van der Waals surface area (Å²) >= 11 is 0. The van der Waals surface area contributed by atoms with E-state index in [1.54, 1.807) is 0 Å². The van der Waals surface area contributed by atoms with Crippen LogP contribution in [0.4, 0.5) is 0 Å². The predicted octanol–water partition coefficient (Wildman–Crippen LogP) is 3.51. The first-order chi connectivity index (χ1) is 6.70. The maximum absolute atomic E-state index is 10.4. The van der Waals surface area contributed by atoms with E-state index in [1.165, 1.54) is 51.4 Å². The molecule has 0 aromatic carbocycles. The second-order valence-electron chi connectivity index (χ2n) is 5.61. The molecule has 82 valence electrons. The molecule has 0 bridgehead atoms. The van der Waals surface area contributed by atoms with Crippen LogP contribution in [-0.2, 0) is 0 Å². The van der Waals surface area contributed by atoms with Gasteiger partial charge in [0.25, 0.3) is 0 Å². The first-order valence-corrected chi connectivity index (χ1v) is 6.42. The van der Waals surface area contributed by atoms with E-state index >= 15 is 0 Å². The second-order valence-corrected chi connectivity index (χ2v) is 5.61. The van der Waals surface area contributed by atoms with Crippen LogP contribution < -0.4 is 0 Å². The zero-order chi connectivity index (χ0) is 10.0. The zero-order valence-electron chi connectivity index (χ0n) is 9.47. The van der Waals surface area contributed by atoms with Gasteiger partial charge in [0.05, 0.1) is 5.60 Å². The third kappa shape index (κ3) is 2.13. The molecule has 2 aliphatic carbocycles. The number of aliphatic hydroxyl groups is 1. The molecule has 0 aliphatic heterocycles. The van der Waals surface area contributed by atoms with Gasteiger partial charge in [-0.1, -0.05) is 44.9 Å². The molecule has 0 aromatic heterocycles. The van der Waals surface area contributed by atoms with Gasteiger partial charge in [-0.25, -0.2) is 0 Å². The van der Waals surface area contributed by atoms with Crippen LogP contribution in [0.15, 0.2) is 0 Å². The van der Waals surface area contributed by atoms with Gasteiger partial charge >= 0.3 is 0 Å². The molecule has 0 saturated heterocycles. The van der Waals surface area contributed by atoms with Gasteiger partial charge in [-0.05, 0) is 31.6 Å². The molecule has 0 spiro atoms. The van der Waals surface area contributed by atoms with Gasteiger partial charge in [-0.2, -0.15) is 0 Å². The summed E-state index contributed by atoms with van der Waals surface area (Å²) < 4.78 is 0. The van der Waals surface area contributed by atoms with Crippen molar-refractivity contribution in [3.63, 3.8) is 0 Å². The second kappa shape index (κ2) is 4.22. The van der Waals surface area contributed by atoms with Gasteiger partial charge in [-0.3, -0.25) is 0 Å². The van der Waals surface area contributed by atoms with Crippen molar-refractivity contribution in [1.29, 1.82) is 0 Å². The average Bonchev–Trinajstić information content (AvgIpc) is 2.18. The van der Waals surface area contributed by atoms with Crippen molar-refractivity contribution in [2.75, 3.05) is 0 Å². The van der Waals surface area contributed by atoms with Gasteiger partial charge in [0.1, 0.15) is 0 Å². The van der Waals surface area contributed by atoms with E-state index in [1.807, 2.05) is 0 Å². The van der Waals surface area contributed by atoms with Crippen molar-refractivity contribution in [2.24, 2.45) is 11.8 Å². The maximum Gasteiger partial charge on any atom is 0.0650 e. The van der Waals surface area contributed by atoms with Crippen molar-refractivity contribution >= 4 is 0 Å². The summed E-state index contributed by atoms with van der Waals surface area (Å²) in [5.74, 6) is 1.44. The van der Waals surface area contributed by atoms with Crippen LogP contribution in [-0.4, -0.2) is 10.7 Å². The SMILES string of the molecule is CC1(O)CCCCC1C1CCCCC1. The summed E-state index contributed by atoms with van der Waals surface area (Å²) in [6, 6.07) is 0. The lowest BCUT2D eigenvalue weighted by Gasteiger charge is -2.43. The molecule has 0 amide bonds. The highest BCUT2D eigenvalue weighted by Gasteiger charge is 2.39. The minimum Gasteiger partial charge on any atom is -0.390 e. The summed E-state index contributed by atoms with van der Waals surface area (Å²) in [5, 5.41) is 10.4. The predicted molar refractivity (Wildman–Crippen MR) is 59.2 cm³/mol. The molecule has 2 unspecified atom stereocenters. The topological polar surface area (TPSA) is 20.2 Å². The summed E-state index contributed by atoms with van der Waals surface area (Å²) in [4.78, 5) is 0. The van der Waals surface area contributed by atoms with Crippen LogP contribution in [0.25, 0.3) is 0 Å². The van der Waals surface area contributed by atoms with Crippen LogP contribution in [0, 0.1) is 11.8 Å². The van der Waals surface area contributed by atoms with Crippen LogP contribution in [0.5, 0.6) is 0 Å². The minimum atomic E-state index is -0.347. The Morgan fingerprint density at radius 3 is 2.21 bits per heavy atom. The third-order valence-electron chi connectivity index (χ3n) is 4.47. The standard InChI is InChI=1S/C13H24O/c1-13(14)10-6-5-9-12(13)11-7-3-2-4-8-11/h11-12,14H,2-10H2,1H3. The van der Waals surface area contributed by atoms with Crippen LogP contribution in [0.1, 0.15) is 64.7 Å². The highest BCUT2D eigenvalue weighted by Crippen LogP contribution is 2.43. The van der Waals surface area contributed by atoms with Gasteiger partial charge < -0.3 is 5.11 Å². The highest BCUT2D eigenvalue weighted by atomic mass is 16.3. The minimum absolute atomic E-state index is 0.347. The summed E-state index contributed by atoms with van der Waals surface area (Å²) in [6.07, 6.45) is 11.9. The Morgan fingerprint density at radius 2 is 1.57 bits per heavy atom. The number of hydrogen-bond donors (Lipinski definition) is 1. The van der Waals surface area contributed by atoms with Gasteiger partial charge in [-0.15, -0.1) is 0 Å². The Kier molecular flexibility index (Phi) is 3.16. The Labute approximate surface area is 87.9 Å². The lowest BCUT2D eigenvalue weighted by Crippen LogP contribution is -2.42. The Bertz CT molecular complexity index is 180. The average molecular weight is 196 g/mol. The largest absolute Gasteiger partial charge is 0.390 e. The molecule has 2 fully saturated rings. The monoisotopic (exact) mass is 196 g/mol. The molecular weight excluding hydrogens is 172 g/mol. The van der Waals surface area contributed by atoms with Gasteiger partial charge in [0, 0.05) is 0 Å². The number of hydrogen-bond acceptors (Lipinski definition) is 1. The van der Waals surface area contributed by atoms with Crippen molar-refractivity contribution in [3.8, 4) is 0 Å². The van der Waals surface area contributed by atoms with E-state index in [4.69, 9.17) is 0 Å². The Balaban J connectivity index is 1.99. The van der Waals surface area contributed by atoms with E-state index in [9.17, 15) is 5.11 Å². The Hall–Kier alpha value is -0.0400. The fourth-order valence-electron chi connectivity index (χ4n) is 3.62. The Morgan fingerprint density at radius 1 is 0.929 bits per heavy atom. The molecule has 2 rings (SSSR count). The fraction of sp³-hybridized carbons (Fsp3) is 1.00. The zero-order valence-corrected chi connectivity index (χ0v) is 9.47.